The van der Waals surface area contributed by atoms with Crippen molar-refractivity contribution in [3.8, 4) is 11.3 Å². The molecule has 3 aromatic rings. The lowest BCUT2D eigenvalue weighted by Gasteiger charge is -2.11. The Labute approximate surface area is 140 Å². The van der Waals surface area contributed by atoms with Gasteiger partial charge in [-0.2, -0.15) is 0 Å². The first kappa shape index (κ1) is 16.2. The van der Waals surface area contributed by atoms with Gasteiger partial charge in [0.05, 0.1) is 10.6 Å². The maximum Gasteiger partial charge on any atom is 0.263 e. The number of rotatable bonds is 4. The van der Waals surface area contributed by atoms with Crippen molar-refractivity contribution in [3.63, 3.8) is 0 Å². The second-order valence-corrected chi connectivity index (χ2v) is 7.29. The van der Waals surface area contributed by atoms with E-state index >= 15 is 0 Å². The Kier molecular flexibility index (Phi) is 4.11. The molecule has 0 unspecified atom stereocenters. The van der Waals surface area contributed by atoms with Crippen LogP contribution in [-0.2, 0) is 10.0 Å². The van der Waals surface area contributed by atoms with E-state index in [1.807, 2.05) is 13.8 Å². The lowest BCUT2D eigenvalue weighted by molar-refractivity contribution is 0.427. The van der Waals surface area contributed by atoms with Crippen molar-refractivity contribution >= 4 is 15.8 Å². The molecule has 0 spiro atoms. The predicted octanol–water partition coefficient (Wildman–Crippen LogP) is 3.46. The summed E-state index contributed by atoms with van der Waals surface area (Å²) in [6.45, 7) is 5.44. The summed E-state index contributed by atoms with van der Waals surface area (Å²) < 4.78 is 33.1. The minimum Gasteiger partial charge on any atom is -0.356 e. The Morgan fingerprint density at radius 3 is 2.46 bits per heavy atom. The number of pyridine rings is 1. The van der Waals surface area contributed by atoms with Crippen LogP contribution in [0.4, 0.5) is 5.82 Å². The van der Waals surface area contributed by atoms with Crippen molar-refractivity contribution in [3.05, 3.63) is 59.4 Å². The van der Waals surface area contributed by atoms with E-state index in [1.165, 1.54) is 0 Å². The summed E-state index contributed by atoms with van der Waals surface area (Å²) in [6, 6.07) is 10.3. The van der Waals surface area contributed by atoms with Gasteiger partial charge in [-0.15, -0.1) is 0 Å². The summed E-state index contributed by atoms with van der Waals surface area (Å²) in [5.41, 5.74) is 2.97. The molecule has 6 nitrogen and oxygen atoms in total. The summed E-state index contributed by atoms with van der Waals surface area (Å²) in [7, 11) is -3.76. The van der Waals surface area contributed by atoms with Crippen LogP contribution in [0.1, 0.15) is 16.8 Å². The number of sulfonamides is 1. The van der Waals surface area contributed by atoms with Crippen LogP contribution in [0.5, 0.6) is 0 Å². The van der Waals surface area contributed by atoms with Gasteiger partial charge in [0.2, 0.25) is 0 Å². The first-order chi connectivity index (χ1) is 11.3. The molecule has 1 N–H and O–H groups in total. The molecule has 2 aromatic heterocycles. The van der Waals surface area contributed by atoms with E-state index in [-0.39, 0.29) is 10.7 Å². The maximum absolute atomic E-state index is 12.7. The molecule has 0 aliphatic rings. The molecule has 0 radical (unpaired) electrons. The second-order valence-electron chi connectivity index (χ2n) is 5.64. The van der Waals surface area contributed by atoms with Crippen molar-refractivity contribution in [1.29, 1.82) is 0 Å². The molecule has 0 aliphatic carbocycles. The van der Waals surface area contributed by atoms with E-state index < -0.39 is 10.0 Å². The Hall–Kier alpha value is -2.67. The lowest BCUT2D eigenvalue weighted by Crippen LogP contribution is -2.15. The molecule has 0 fully saturated rings. The molecular formula is C17H17N3O3S. The molecule has 24 heavy (non-hydrogen) atoms. The van der Waals surface area contributed by atoms with Crippen molar-refractivity contribution in [2.24, 2.45) is 0 Å². The second kappa shape index (κ2) is 6.09. The maximum atomic E-state index is 12.7. The first-order valence-electron chi connectivity index (χ1n) is 7.35. The highest BCUT2D eigenvalue weighted by Gasteiger charge is 2.19. The predicted molar refractivity (Wildman–Crippen MR) is 91.2 cm³/mol. The third-order valence-electron chi connectivity index (χ3n) is 3.54. The quantitative estimate of drug-likeness (QED) is 0.784. The van der Waals surface area contributed by atoms with Gasteiger partial charge < -0.3 is 4.52 Å². The zero-order valence-corrected chi connectivity index (χ0v) is 14.4. The fraction of sp³-hybridized carbons (Fsp3) is 0.176. The van der Waals surface area contributed by atoms with E-state index in [9.17, 15) is 8.42 Å². The molecular weight excluding hydrogens is 326 g/mol. The normalized spacial score (nSPS) is 11.5. The minimum atomic E-state index is -3.76. The highest BCUT2D eigenvalue weighted by atomic mass is 32.2. The molecule has 0 amide bonds. The van der Waals surface area contributed by atoms with E-state index in [1.54, 1.807) is 49.5 Å². The smallest absolute Gasteiger partial charge is 0.263 e. The van der Waals surface area contributed by atoms with Crippen LogP contribution < -0.4 is 4.72 Å². The van der Waals surface area contributed by atoms with Gasteiger partial charge >= 0.3 is 0 Å². The molecule has 2 heterocycles. The van der Waals surface area contributed by atoms with Gasteiger partial charge in [-0.3, -0.25) is 4.72 Å². The van der Waals surface area contributed by atoms with Crippen molar-refractivity contribution in [2.45, 2.75) is 25.7 Å². The van der Waals surface area contributed by atoms with Gasteiger partial charge in [0.1, 0.15) is 5.82 Å². The van der Waals surface area contributed by atoms with Crippen molar-refractivity contribution in [2.75, 3.05) is 4.72 Å². The molecule has 0 atom stereocenters. The number of aromatic nitrogens is 2. The first-order valence-corrected chi connectivity index (χ1v) is 8.83. The van der Waals surface area contributed by atoms with Gasteiger partial charge in [-0.05, 0) is 44.0 Å². The van der Waals surface area contributed by atoms with E-state index in [4.69, 9.17) is 4.52 Å². The van der Waals surface area contributed by atoms with E-state index in [0.29, 0.717) is 16.9 Å². The van der Waals surface area contributed by atoms with Crippen molar-refractivity contribution in [1.82, 2.24) is 10.1 Å². The van der Waals surface area contributed by atoms with Crippen LogP contribution in [0.3, 0.4) is 0 Å². The molecule has 1 aromatic carbocycles. The van der Waals surface area contributed by atoms with Gasteiger partial charge in [0, 0.05) is 17.8 Å². The highest BCUT2D eigenvalue weighted by molar-refractivity contribution is 7.92. The minimum absolute atomic E-state index is 0.177. The average Bonchev–Trinajstić information content (AvgIpc) is 2.96. The zero-order chi connectivity index (χ0) is 17.3. The summed E-state index contributed by atoms with van der Waals surface area (Å²) in [5.74, 6) is 0.804. The van der Waals surface area contributed by atoms with Gasteiger partial charge in [-0.25, -0.2) is 13.4 Å². The number of anilines is 1. The summed E-state index contributed by atoms with van der Waals surface area (Å²) >= 11 is 0. The summed E-state index contributed by atoms with van der Waals surface area (Å²) in [5, 5.41) is 3.83. The van der Waals surface area contributed by atoms with Gasteiger partial charge in [0.15, 0.2) is 5.76 Å². The van der Waals surface area contributed by atoms with Crippen LogP contribution in [-0.4, -0.2) is 18.6 Å². The lowest BCUT2D eigenvalue weighted by atomic mass is 10.1. The Bertz CT molecular complexity index is 977. The topological polar surface area (TPSA) is 85.1 Å². The number of hydrogen-bond acceptors (Lipinski definition) is 5. The Balaban J connectivity index is 1.99. The van der Waals surface area contributed by atoms with E-state index in [2.05, 4.69) is 14.9 Å². The molecule has 3 rings (SSSR count). The molecule has 0 saturated heterocycles. The van der Waals surface area contributed by atoms with Crippen molar-refractivity contribution < 1.29 is 12.9 Å². The molecule has 0 bridgehead atoms. The molecule has 7 heteroatoms. The number of hydrogen-bond donors (Lipinski definition) is 1. The Morgan fingerprint density at radius 1 is 1.04 bits per heavy atom. The number of aryl methyl sites for hydroxylation is 3. The summed E-state index contributed by atoms with van der Waals surface area (Å²) in [4.78, 5) is 4.26. The summed E-state index contributed by atoms with van der Waals surface area (Å²) in [6.07, 6.45) is 1.61. The van der Waals surface area contributed by atoms with Crippen LogP contribution >= 0.6 is 0 Å². The van der Waals surface area contributed by atoms with Crippen LogP contribution in [0, 0.1) is 20.8 Å². The fourth-order valence-corrected chi connectivity index (χ4v) is 3.54. The standard InChI is InChI=1S/C17H17N3O3S/c1-11-4-7-17(18-10-11)20-24(21,22)16-9-14(6-5-12(16)2)15-8-13(3)19-23-15/h4-10H,1-3H3,(H,18,20). The number of benzene rings is 1. The molecule has 124 valence electrons. The van der Waals surface area contributed by atoms with Crippen LogP contribution in [0.15, 0.2) is 52.0 Å². The monoisotopic (exact) mass is 343 g/mol. The van der Waals surface area contributed by atoms with E-state index in [0.717, 1.165) is 11.3 Å². The van der Waals surface area contributed by atoms with Crippen LogP contribution in [0.25, 0.3) is 11.3 Å². The SMILES string of the molecule is Cc1ccc(NS(=O)(=O)c2cc(-c3cc(C)no3)ccc2C)nc1. The van der Waals surface area contributed by atoms with Gasteiger partial charge in [0.25, 0.3) is 10.0 Å². The average molecular weight is 343 g/mol. The third kappa shape index (κ3) is 3.30. The number of nitrogens with zero attached hydrogens (tertiary/aromatic N) is 2. The highest BCUT2D eigenvalue weighted by Crippen LogP contribution is 2.26. The molecule has 0 aliphatic heterocycles. The fourth-order valence-electron chi connectivity index (χ4n) is 2.26. The molecule has 0 saturated carbocycles. The largest absolute Gasteiger partial charge is 0.356 e. The zero-order valence-electron chi connectivity index (χ0n) is 13.6. The Morgan fingerprint density at radius 2 is 1.83 bits per heavy atom. The number of nitrogens with one attached hydrogen (secondary N) is 1. The third-order valence-corrected chi connectivity index (χ3v) is 5.04. The van der Waals surface area contributed by atoms with Crippen LogP contribution in [0.2, 0.25) is 0 Å². The van der Waals surface area contributed by atoms with Gasteiger partial charge in [-0.1, -0.05) is 23.4 Å².